The number of amides is 1. The molecule has 2 N–H and O–H groups in total. The molecule has 3 aromatic rings. The van der Waals surface area contributed by atoms with E-state index in [-0.39, 0.29) is 11.7 Å². The second-order valence-corrected chi connectivity index (χ2v) is 6.23. The zero-order valence-electron chi connectivity index (χ0n) is 15.6. The number of benzene rings is 2. The number of ether oxygens (including phenoxy) is 1. The van der Waals surface area contributed by atoms with Gasteiger partial charge in [-0.05, 0) is 47.9 Å². The molecule has 0 saturated carbocycles. The number of nitrogens with one attached hydrogen (secondary N) is 2. The van der Waals surface area contributed by atoms with Gasteiger partial charge in [0, 0.05) is 25.0 Å². The van der Waals surface area contributed by atoms with Gasteiger partial charge in [-0.15, -0.1) is 0 Å². The molecule has 144 valence electrons. The molecule has 0 aliphatic carbocycles. The van der Waals surface area contributed by atoms with Gasteiger partial charge in [-0.3, -0.25) is 9.78 Å². The van der Waals surface area contributed by atoms with Crippen LogP contribution in [0.15, 0.2) is 66.9 Å². The van der Waals surface area contributed by atoms with Crippen LogP contribution < -0.4 is 15.4 Å². The monoisotopic (exact) mass is 379 g/mol. The van der Waals surface area contributed by atoms with Crippen molar-refractivity contribution < 1.29 is 13.9 Å². The van der Waals surface area contributed by atoms with Crippen LogP contribution in [0.5, 0.6) is 5.75 Å². The predicted molar refractivity (Wildman–Crippen MR) is 107 cm³/mol. The maximum Gasteiger partial charge on any atom is 0.269 e. The Morgan fingerprint density at radius 3 is 2.64 bits per heavy atom. The molecule has 5 nitrogen and oxygen atoms in total. The number of carbonyl (C=O) groups excluding carboxylic acids is 1. The first-order chi connectivity index (χ1) is 13.7. The first-order valence-electron chi connectivity index (χ1n) is 9.00. The van der Waals surface area contributed by atoms with Crippen molar-refractivity contribution in [1.82, 2.24) is 10.3 Å². The SMILES string of the molecule is COc1ccc(CNc2ccnc(C(=O)NCCc3ccccc3F)c2)cc1. The largest absolute Gasteiger partial charge is 0.497 e. The van der Waals surface area contributed by atoms with Crippen LogP contribution in [0.2, 0.25) is 0 Å². The lowest BCUT2D eigenvalue weighted by Crippen LogP contribution is -2.26. The Labute approximate surface area is 163 Å². The molecular formula is C22H22FN3O2. The summed E-state index contributed by atoms with van der Waals surface area (Å²) in [5.74, 6) is 0.256. The highest BCUT2D eigenvalue weighted by Crippen LogP contribution is 2.14. The summed E-state index contributed by atoms with van der Waals surface area (Å²) in [4.78, 5) is 16.4. The second kappa shape index (κ2) is 9.50. The number of anilines is 1. The lowest BCUT2D eigenvalue weighted by molar-refractivity contribution is 0.0949. The van der Waals surface area contributed by atoms with Crippen molar-refractivity contribution in [3.63, 3.8) is 0 Å². The fourth-order valence-electron chi connectivity index (χ4n) is 2.71. The molecule has 1 heterocycles. The predicted octanol–water partition coefficient (Wildman–Crippen LogP) is 3.81. The summed E-state index contributed by atoms with van der Waals surface area (Å²) in [5, 5.41) is 6.05. The molecule has 3 rings (SSSR count). The molecule has 0 bridgehead atoms. The average Bonchev–Trinajstić information content (AvgIpc) is 2.74. The van der Waals surface area contributed by atoms with E-state index in [1.165, 1.54) is 6.07 Å². The second-order valence-electron chi connectivity index (χ2n) is 6.23. The number of nitrogens with zero attached hydrogens (tertiary/aromatic N) is 1. The number of hydrogen-bond donors (Lipinski definition) is 2. The summed E-state index contributed by atoms with van der Waals surface area (Å²) in [5.41, 5.74) is 2.78. The highest BCUT2D eigenvalue weighted by Gasteiger charge is 2.08. The van der Waals surface area contributed by atoms with Crippen molar-refractivity contribution in [3.05, 3.63) is 89.5 Å². The number of methoxy groups -OCH3 is 1. The van der Waals surface area contributed by atoms with Crippen LogP contribution in [0, 0.1) is 5.82 Å². The van der Waals surface area contributed by atoms with E-state index in [4.69, 9.17) is 4.74 Å². The third-order valence-electron chi connectivity index (χ3n) is 4.29. The minimum absolute atomic E-state index is 0.264. The molecule has 0 fully saturated rings. The number of halogens is 1. The van der Waals surface area contributed by atoms with E-state index in [1.807, 2.05) is 24.3 Å². The zero-order chi connectivity index (χ0) is 19.8. The summed E-state index contributed by atoms with van der Waals surface area (Å²) in [6.07, 6.45) is 2.01. The van der Waals surface area contributed by atoms with Crippen molar-refractivity contribution in [2.24, 2.45) is 0 Å². The quantitative estimate of drug-likeness (QED) is 0.625. The molecule has 1 aromatic heterocycles. The van der Waals surface area contributed by atoms with E-state index >= 15 is 0 Å². The normalized spacial score (nSPS) is 10.4. The molecule has 0 radical (unpaired) electrons. The van der Waals surface area contributed by atoms with E-state index in [2.05, 4.69) is 15.6 Å². The molecule has 0 aliphatic heterocycles. The van der Waals surface area contributed by atoms with Gasteiger partial charge in [0.05, 0.1) is 7.11 Å². The summed E-state index contributed by atoms with van der Waals surface area (Å²) >= 11 is 0. The Kier molecular flexibility index (Phi) is 6.57. The summed E-state index contributed by atoms with van der Waals surface area (Å²) in [6, 6.07) is 17.8. The van der Waals surface area contributed by atoms with E-state index in [0.29, 0.717) is 30.8 Å². The molecule has 0 spiro atoms. The smallest absolute Gasteiger partial charge is 0.269 e. The van der Waals surface area contributed by atoms with Crippen LogP contribution in [-0.4, -0.2) is 24.5 Å². The third kappa shape index (κ3) is 5.30. The van der Waals surface area contributed by atoms with Gasteiger partial charge < -0.3 is 15.4 Å². The molecule has 0 saturated heterocycles. The van der Waals surface area contributed by atoms with E-state index in [9.17, 15) is 9.18 Å². The van der Waals surface area contributed by atoms with Crippen molar-refractivity contribution in [3.8, 4) is 5.75 Å². The van der Waals surface area contributed by atoms with Crippen LogP contribution in [-0.2, 0) is 13.0 Å². The number of aromatic nitrogens is 1. The lowest BCUT2D eigenvalue weighted by atomic mass is 10.1. The van der Waals surface area contributed by atoms with Crippen LogP contribution >= 0.6 is 0 Å². The van der Waals surface area contributed by atoms with E-state index in [0.717, 1.165) is 17.0 Å². The fraction of sp³-hybridized carbons (Fsp3) is 0.182. The first-order valence-corrected chi connectivity index (χ1v) is 9.00. The van der Waals surface area contributed by atoms with Crippen molar-refractivity contribution in [2.75, 3.05) is 19.0 Å². The Bertz CT molecular complexity index is 929. The number of rotatable bonds is 8. The standard InChI is InChI=1S/C22H22FN3O2/c1-28-19-8-6-16(7-9-19)15-26-18-11-13-24-21(14-18)22(27)25-12-10-17-4-2-3-5-20(17)23/h2-9,11,13-14H,10,12,15H2,1H3,(H,24,26)(H,25,27). The first kappa shape index (κ1) is 19.4. The zero-order valence-corrected chi connectivity index (χ0v) is 15.6. The Morgan fingerprint density at radius 1 is 1.11 bits per heavy atom. The Morgan fingerprint density at radius 2 is 1.89 bits per heavy atom. The molecule has 28 heavy (non-hydrogen) atoms. The van der Waals surface area contributed by atoms with E-state index < -0.39 is 0 Å². The van der Waals surface area contributed by atoms with Gasteiger partial charge in [0.15, 0.2) is 0 Å². The molecule has 1 amide bonds. The highest BCUT2D eigenvalue weighted by molar-refractivity contribution is 5.93. The maximum atomic E-state index is 13.6. The fourth-order valence-corrected chi connectivity index (χ4v) is 2.71. The molecule has 0 unspecified atom stereocenters. The number of pyridine rings is 1. The average molecular weight is 379 g/mol. The van der Waals surface area contributed by atoms with Crippen LogP contribution in [0.1, 0.15) is 21.6 Å². The number of carbonyl (C=O) groups is 1. The summed E-state index contributed by atoms with van der Waals surface area (Å²) in [7, 11) is 1.63. The minimum atomic E-state index is -0.288. The number of hydrogen-bond acceptors (Lipinski definition) is 4. The highest BCUT2D eigenvalue weighted by atomic mass is 19.1. The van der Waals surface area contributed by atoms with Gasteiger partial charge in [-0.2, -0.15) is 0 Å². The van der Waals surface area contributed by atoms with Gasteiger partial charge in [0.25, 0.3) is 5.91 Å². The Balaban J connectivity index is 1.53. The molecule has 2 aromatic carbocycles. The van der Waals surface area contributed by atoms with Gasteiger partial charge in [-0.1, -0.05) is 30.3 Å². The summed E-state index contributed by atoms with van der Waals surface area (Å²) < 4.78 is 18.8. The van der Waals surface area contributed by atoms with Crippen molar-refractivity contribution in [2.45, 2.75) is 13.0 Å². The lowest BCUT2D eigenvalue weighted by Gasteiger charge is -2.09. The van der Waals surface area contributed by atoms with Crippen LogP contribution in [0.4, 0.5) is 10.1 Å². The maximum absolute atomic E-state index is 13.6. The van der Waals surface area contributed by atoms with Gasteiger partial charge >= 0.3 is 0 Å². The molecule has 0 atom stereocenters. The minimum Gasteiger partial charge on any atom is -0.497 e. The topological polar surface area (TPSA) is 63.2 Å². The van der Waals surface area contributed by atoms with Gasteiger partial charge in [0.1, 0.15) is 17.3 Å². The third-order valence-corrected chi connectivity index (χ3v) is 4.29. The molecular weight excluding hydrogens is 357 g/mol. The van der Waals surface area contributed by atoms with Crippen LogP contribution in [0.3, 0.4) is 0 Å². The van der Waals surface area contributed by atoms with Gasteiger partial charge in [0.2, 0.25) is 0 Å². The molecule has 6 heteroatoms. The summed E-state index contributed by atoms with van der Waals surface area (Å²) in [6.45, 7) is 0.952. The van der Waals surface area contributed by atoms with E-state index in [1.54, 1.807) is 43.6 Å². The Hall–Kier alpha value is -3.41. The van der Waals surface area contributed by atoms with Gasteiger partial charge in [-0.25, -0.2) is 4.39 Å². The van der Waals surface area contributed by atoms with Crippen molar-refractivity contribution in [1.29, 1.82) is 0 Å². The van der Waals surface area contributed by atoms with Crippen molar-refractivity contribution >= 4 is 11.6 Å². The van der Waals surface area contributed by atoms with Crippen LogP contribution in [0.25, 0.3) is 0 Å². The molecule has 0 aliphatic rings.